The Morgan fingerprint density at radius 2 is 2.05 bits per heavy atom. The van der Waals surface area contributed by atoms with E-state index in [1.165, 1.54) is 12.1 Å². The highest BCUT2D eigenvalue weighted by Gasteiger charge is 2.16. The Labute approximate surface area is 131 Å². The monoisotopic (exact) mass is 327 g/mol. The average molecular weight is 328 g/mol. The second-order valence-corrected chi connectivity index (χ2v) is 5.49. The standard InChI is InChI=1S/C15H12Cl2FNO2/c16-11-3-9(15-10(4-11)7-20-8-21-15)6-19-12-1-2-14(18)13(17)5-12/h1-5,19H,6-8H2. The van der Waals surface area contributed by atoms with Crippen LogP contribution < -0.4 is 10.1 Å². The molecule has 3 nitrogen and oxygen atoms in total. The van der Waals surface area contributed by atoms with Gasteiger partial charge >= 0.3 is 0 Å². The van der Waals surface area contributed by atoms with Gasteiger partial charge in [-0.05, 0) is 30.3 Å². The third kappa shape index (κ3) is 3.23. The lowest BCUT2D eigenvalue weighted by Gasteiger charge is -2.21. The molecule has 110 valence electrons. The Morgan fingerprint density at radius 1 is 1.19 bits per heavy atom. The van der Waals surface area contributed by atoms with Crippen molar-refractivity contribution in [2.24, 2.45) is 0 Å². The summed E-state index contributed by atoms with van der Waals surface area (Å²) in [5.74, 6) is 0.342. The fourth-order valence-electron chi connectivity index (χ4n) is 2.19. The van der Waals surface area contributed by atoms with E-state index in [1.54, 1.807) is 6.07 Å². The van der Waals surface area contributed by atoms with E-state index in [0.29, 0.717) is 18.2 Å². The molecule has 0 bridgehead atoms. The molecule has 3 rings (SSSR count). The van der Waals surface area contributed by atoms with Gasteiger partial charge in [0.1, 0.15) is 11.6 Å². The van der Waals surface area contributed by atoms with Crippen molar-refractivity contribution >= 4 is 28.9 Å². The van der Waals surface area contributed by atoms with Crippen molar-refractivity contribution in [3.8, 4) is 5.75 Å². The van der Waals surface area contributed by atoms with E-state index in [9.17, 15) is 4.39 Å². The molecule has 0 aliphatic carbocycles. The predicted octanol–water partition coefficient (Wildman–Crippen LogP) is 4.61. The first-order chi connectivity index (χ1) is 10.1. The molecule has 0 saturated heterocycles. The summed E-state index contributed by atoms with van der Waals surface area (Å²) in [5.41, 5.74) is 2.56. The Kier molecular flexibility index (Phi) is 4.19. The summed E-state index contributed by atoms with van der Waals surface area (Å²) in [7, 11) is 0. The van der Waals surface area contributed by atoms with Crippen LogP contribution in [0.5, 0.6) is 5.75 Å². The maximum Gasteiger partial charge on any atom is 0.189 e. The number of ether oxygens (including phenoxy) is 2. The second kappa shape index (κ2) is 6.10. The largest absolute Gasteiger partial charge is 0.467 e. The van der Waals surface area contributed by atoms with Crippen LogP contribution in [0.2, 0.25) is 10.0 Å². The van der Waals surface area contributed by atoms with E-state index in [0.717, 1.165) is 22.6 Å². The number of fused-ring (bicyclic) bond motifs is 1. The third-order valence-electron chi connectivity index (χ3n) is 3.15. The van der Waals surface area contributed by atoms with Crippen molar-refractivity contribution < 1.29 is 13.9 Å². The summed E-state index contributed by atoms with van der Waals surface area (Å²) >= 11 is 11.9. The van der Waals surface area contributed by atoms with Gasteiger partial charge in [-0.2, -0.15) is 0 Å². The summed E-state index contributed by atoms with van der Waals surface area (Å²) in [6.45, 7) is 1.19. The second-order valence-electron chi connectivity index (χ2n) is 4.65. The van der Waals surface area contributed by atoms with Crippen LogP contribution in [0, 0.1) is 5.82 Å². The molecule has 21 heavy (non-hydrogen) atoms. The number of hydrogen-bond donors (Lipinski definition) is 1. The molecule has 1 aliphatic heterocycles. The van der Waals surface area contributed by atoms with E-state index < -0.39 is 5.82 Å². The molecule has 1 N–H and O–H groups in total. The van der Waals surface area contributed by atoms with Gasteiger partial charge in [-0.1, -0.05) is 23.2 Å². The summed E-state index contributed by atoms with van der Waals surface area (Å²) in [6.07, 6.45) is 0. The molecule has 2 aromatic rings. The van der Waals surface area contributed by atoms with Crippen LogP contribution in [-0.2, 0) is 17.9 Å². The van der Waals surface area contributed by atoms with E-state index >= 15 is 0 Å². The maximum absolute atomic E-state index is 13.1. The van der Waals surface area contributed by atoms with Crippen LogP contribution >= 0.6 is 23.2 Å². The number of hydrogen-bond acceptors (Lipinski definition) is 3. The number of rotatable bonds is 3. The highest BCUT2D eigenvalue weighted by atomic mass is 35.5. The zero-order chi connectivity index (χ0) is 14.8. The minimum atomic E-state index is -0.442. The lowest BCUT2D eigenvalue weighted by Crippen LogP contribution is -2.14. The van der Waals surface area contributed by atoms with Gasteiger partial charge in [0, 0.05) is 28.4 Å². The summed E-state index contributed by atoms with van der Waals surface area (Å²) in [4.78, 5) is 0. The highest BCUT2D eigenvalue weighted by Crippen LogP contribution is 2.32. The summed E-state index contributed by atoms with van der Waals surface area (Å²) in [6, 6.07) is 8.15. The topological polar surface area (TPSA) is 30.5 Å². The fourth-order valence-corrected chi connectivity index (χ4v) is 2.64. The van der Waals surface area contributed by atoms with Gasteiger partial charge in [-0.3, -0.25) is 0 Å². The lowest BCUT2D eigenvalue weighted by atomic mass is 10.1. The fraction of sp³-hybridized carbons (Fsp3) is 0.200. The molecule has 0 aromatic heterocycles. The van der Waals surface area contributed by atoms with Crippen molar-refractivity contribution in [3.63, 3.8) is 0 Å². The zero-order valence-electron chi connectivity index (χ0n) is 11.0. The molecule has 0 saturated carbocycles. The lowest BCUT2D eigenvalue weighted by molar-refractivity contribution is -0.0169. The summed E-state index contributed by atoms with van der Waals surface area (Å²) in [5, 5.41) is 3.88. The molecule has 6 heteroatoms. The van der Waals surface area contributed by atoms with Crippen LogP contribution in [0.1, 0.15) is 11.1 Å². The van der Waals surface area contributed by atoms with E-state index in [2.05, 4.69) is 5.32 Å². The van der Waals surface area contributed by atoms with Crippen molar-refractivity contribution in [1.29, 1.82) is 0 Å². The molecule has 2 aromatic carbocycles. The molecule has 0 radical (unpaired) electrons. The number of halogens is 3. The van der Waals surface area contributed by atoms with Gasteiger partial charge in [-0.15, -0.1) is 0 Å². The van der Waals surface area contributed by atoms with Crippen molar-refractivity contribution in [3.05, 3.63) is 57.3 Å². The molecule has 1 heterocycles. The Bertz CT molecular complexity index is 679. The normalized spacial score (nSPS) is 13.5. The van der Waals surface area contributed by atoms with Gasteiger partial charge in [0.15, 0.2) is 6.79 Å². The SMILES string of the molecule is Fc1ccc(NCc2cc(Cl)cc3c2OCOC3)cc1Cl. The van der Waals surface area contributed by atoms with Gasteiger partial charge < -0.3 is 14.8 Å². The zero-order valence-corrected chi connectivity index (χ0v) is 12.5. The molecule has 0 unspecified atom stereocenters. The van der Waals surface area contributed by atoms with Crippen LogP contribution in [0.15, 0.2) is 30.3 Å². The first kappa shape index (κ1) is 14.4. The number of benzene rings is 2. The maximum atomic E-state index is 13.1. The Balaban J connectivity index is 1.81. The van der Waals surface area contributed by atoms with Crippen LogP contribution in [0.4, 0.5) is 10.1 Å². The van der Waals surface area contributed by atoms with Crippen molar-refractivity contribution in [2.75, 3.05) is 12.1 Å². The van der Waals surface area contributed by atoms with Crippen LogP contribution in [0.3, 0.4) is 0 Å². The predicted molar refractivity (Wildman–Crippen MR) is 80.5 cm³/mol. The molecular weight excluding hydrogens is 316 g/mol. The summed E-state index contributed by atoms with van der Waals surface area (Å²) < 4.78 is 23.9. The third-order valence-corrected chi connectivity index (χ3v) is 3.66. The molecule has 1 aliphatic rings. The van der Waals surface area contributed by atoms with Gasteiger partial charge in [0.05, 0.1) is 11.6 Å². The Hall–Kier alpha value is -1.49. The molecule has 0 spiro atoms. The van der Waals surface area contributed by atoms with E-state index in [1.807, 2.05) is 12.1 Å². The van der Waals surface area contributed by atoms with Gasteiger partial charge in [-0.25, -0.2) is 4.39 Å². The van der Waals surface area contributed by atoms with E-state index in [-0.39, 0.29) is 11.8 Å². The van der Waals surface area contributed by atoms with Crippen LogP contribution in [-0.4, -0.2) is 6.79 Å². The smallest absolute Gasteiger partial charge is 0.189 e. The van der Waals surface area contributed by atoms with Crippen LogP contribution in [0.25, 0.3) is 0 Å². The minimum Gasteiger partial charge on any atom is -0.467 e. The van der Waals surface area contributed by atoms with Gasteiger partial charge in [0.2, 0.25) is 0 Å². The first-order valence-corrected chi connectivity index (χ1v) is 7.10. The molecule has 0 fully saturated rings. The highest BCUT2D eigenvalue weighted by molar-refractivity contribution is 6.31. The van der Waals surface area contributed by atoms with Gasteiger partial charge in [0.25, 0.3) is 0 Å². The molecule has 0 atom stereocenters. The van der Waals surface area contributed by atoms with E-state index in [4.69, 9.17) is 32.7 Å². The minimum absolute atomic E-state index is 0.0813. The first-order valence-electron chi connectivity index (χ1n) is 6.34. The Morgan fingerprint density at radius 3 is 2.86 bits per heavy atom. The average Bonchev–Trinajstić information content (AvgIpc) is 2.48. The number of anilines is 1. The molecular formula is C15H12Cl2FNO2. The quantitative estimate of drug-likeness (QED) is 0.892. The van der Waals surface area contributed by atoms with Crippen molar-refractivity contribution in [2.45, 2.75) is 13.2 Å². The van der Waals surface area contributed by atoms with Crippen molar-refractivity contribution in [1.82, 2.24) is 0 Å². The number of nitrogens with one attached hydrogen (secondary N) is 1. The molecule has 0 amide bonds.